The van der Waals surface area contributed by atoms with Gasteiger partial charge in [-0.3, -0.25) is 14.6 Å². The average molecular weight is 425 g/mol. The first kappa shape index (κ1) is 21.0. The van der Waals surface area contributed by atoms with Crippen molar-refractivity contribution in [1.29, 1.82) is 0 Å². The maximum absolute atomic E-state index is 12.7. The fraction of sp³-hybridized carbons (Fsp3) is 0.455. The van der Waals surface area contributed by atoms with Gasteiger partial charge in [0.15, 0.2) is 0 Å². The van der Waals surface area contributed by atoms with Crippen LogP contribution in [0.25, 0.3) is 11.3 Å². The monoisotopic (exact) mass is 424 g/mol. The van der Waals surface area contributed by atoms with Crippen molar-refractivity contribution in [2.24, 2.45) is 5.92 Å². The Kier molecular flexibility index (Phi) is 6.31. The summed E-state index contributed by atoms with van der Waals surface area (Å²) in [5, 5.41) is 2.99. The number of pyridine rings is 1. The van der Waals surface area contributed by atoms with E-state index >= 15 is 0 Å². The molecule has 164 valence electrons. The molecule has 0 bridgehead atoms. The number of likely N-dealkylation sites (N-methyl/N-ethyl adjacent to an activating group) is 1. The number of rotatable bonds is 9. The highest BCUT2D eigenvalue weighted by Gasteiger charge is 2.37. The summed E-state index contributed by atoms with van der Waals surface area (Å²) in [4.78, 5) is 40.5. The van der Waals surface area contributed by atoms with E-state index < -0.39 is 0 Å². The van der Waals surface area contributed by atoms with Gasteiger partial charge in [-0.1, -0.05) is 6.08 Å². The molecule has 0 unspecified atom stereocenters. The Hall–Kier alpha value is -3.20. The number of carbonyl (C=O) groups is 1. The zero-order valence-corrected chi connectivity index (χ0v) is 17.9. The van der Waals surface area contributed by atoms with Crippen molar-refractivity contribution in [2.45, 2.75) is 18.9 Å². The zero-order valence-electron chi connectivity index (χ0n) is 17.9. The van der Waals surface area contributed by atoms with E-state index in [1.807, 2.05) is 24.1 Å². The van der Waals surface area contributed by atoms with Crippen LogP contribution in [0.15, 0.2) is 41.6 Å². The van der Waals surface area contributed by atoms with Crippen LogP contribution < -0.4 is 20.5 Å². The van der Waals surface area contributed by atoms with E-state index in [0.717, 1.165) is 12.1 Å². The van der Waals surface area contributed by atoms with Crippen molar-refractivity contribution in [2.75, 3.05) is 45.2 Å². The number of ether oxygens (including phenoxy) is 1. The second-order valence-electron chi connectivity index (χ2n) is 8.00. The lowest BCUT2D eigenvalue weighted by molar-refractivity contribution is -0.130. The van der Waals surface area contributed by atoms with Crippen molar-refractivity contribution in [3.8, 4) is 17.1 Å². The van der Waals surface area contributed by atoms with Gasteiger partial charge in [-0.2, -0.15) is 0 Å². The van der Waals surface area contributed by atoms with Gasteiger partial charge in [-0.05, 0) is 31.9 Å². The normalized spacial score (nSPS) is 16.4. The standard InChI is InChI=1S/C22H28N6O3/c1-23-7-3-4-21(29)27-13-17(14-27)28(12-15-5-6-15)19-8-16(9-25-22(19)30)18-10-24-11-20(26-18)31-2/h3-4,8-11,15,17,23H,5-7,12-14H2,1-2H3,(H,25,30). The Morgan fingerprint density at radius 1 is 1.39 bits per heavy atom. The summed E-state index contributed by atoms with van der Waals surface area (Å²) in [6.07, 6.45) is 10.6. The molecule has 2 aromatic rings. The zero-order chi connectivity index (χ0) is 21.8. The van der Waals surface area contributed by atoms with Gasteiger partial charge in [-0.15, -0.1) is 0 Å². The number of nitrogens with zero attached hydrogens (tertiary/aromatic N) is 4. The van der Waals surface area contributed by atoms with Crippen molar-refractivity contribution >= 4 is 11.6 Å². The molecule has 2 aromatic heterocycles. The van der Waals surface area contributed by atoms with E-state index in [0.29, 0.717) is 42.8 Å². The summed E-state index contributed by atoms with van der Waals surface area (Å²) in [7, 11) is 3.38. The van der Waals surface area contributed by atoms with Crippen molar-refractivity contribution in [1.82, 2.24) is 25.2 Å². The lowest BCUT2D eigenvalue weighted by atomic mass is 10.0. The summed E-state index contributed by atoms with van der Waals surface area (Å²) in [6, 6.07) is 1.98. The van der Waals surface area contributed by atoms with Gasteiger partial charge < -0.3 is 24.8 Å². The summed E-state index contributed by atoms with van der Waals surface area (Å²) < 4.78 is 5.17. The summed E-state index contributed by atoms with van der Waals surface area (Å²) in [5.74, 6) is 1.02. The highest BCUT2D eigenvalue weighted by molar-refractivity contribution is 5.88. The van der Waals surface area contributed by atoms with E-state index in [4.69, 9.17) is 4.74 Å². The van der Waals surface area contributed by atoms with Gasteiger partial charge >= 0.3 is 0 Å². The first-order valence-corrected chi connectivity index (χ1v) is 10.5. The number of anilines is 1. The molecular weight excluding hydrogens is 396 g/mol. The molecule has 31 heavy (non-hydrogen) atoms. The van der Waals surface area contributed by atoms with Crippen molar-refractivity contribution in [3.05, 3.63) is 47.2 Å². The molecule has 0 radical (unpaired) electrons. The number of aromatic nitrogens is 3. The van der Waals surface area contributed by atoms with Crippen LogP contribution in [0.2, 0.25) is 0 Å². The fourth-order valence-corrected chi connectivity index (χ4v) is 3.66. The minimum Gasteiger partial charge on any atom is -0.480 e. The van der Waals surface area contributed by atoms with Crippen LogP contribution in [0.4, 0.5) is 5.69 Å². The number of hydrogen-bond acceptors (Lipinski definition) is 7. The predicted molar refractivity (Wildman–Crippen MR) is 118 cm³/mol. The van der Waals surface area contributed by atoms with Crippen LogP contribution in [0.3, 0.4) is 0 Å². The summed E-state index contributed by atoms with van der Waals surface area (Å²) in [6.45, 7) is 2.70. The molecule has 3 heterocycles. The molecule has 1 saturated heterocycles. The molecule has 9 nitrogen and oxygen atoms in total. The van der Waals surface area contributed by atoms with Crippen LogP contribution in [-0.4, -0.2) is 72.1 Å². The van der Waals surface area contributed by atoms with Crippen LogP contribution in [0.5, 0.6) is 5.88 Å². The minimum atomic E-state index is -0.140. The van der Waals surface area contributed by atoms with E-state index in [1.54, 1.807) is 31.8 Å². The first-order valence-electron chi connectivity index (χ1n) is 10.5. The quantitative estimate of drug-likeness (QED) is 0.580. The number of hydrogen-bond donors (Lipinski definition) is 2. The molecule has 1 amide bonds. The largest absolute Gasteiger partial charge is 0.480 e. The number of likely N-dealkylation sites (tertiary alicyclic amines) is 1. The topological polar surface area (TPSA) is 103 Å². The highest BCUT2D eigenvalue weighted by atomic mass is 16.5. The van der Waals surface area contributed by atoms with Crippen LogP contribution in [0.1, 0.15) is 12.8 Å². The lowest BCUT2D eigenvalue weighted by Crippen LogP contribution is -2.62. The second kappa shape index (κ2) is 9.30. The van der Waals surface area contributed by atoms with Crippen LogP contribution >= 0.6 is 0 Å². The number of carbonyl (C=O) groups excluding carboxylic acids is 1. The molecule has 1 aliphatic carbocycles. The molecule has 2 N–H and O–H groups in total. The van der Waals surface area contributed by atoms with E-state index in [1.165, 1.54) is 12.8 Å². The molecule has 2 fully saturated rings. The highest BCUT2D eigenvalue weighted by Crippen LogP contribution is 2.33. The summed E-state index contributed by atoms with van der Waals surface area (Å²) >= 11 is 0. The minimum absolute atomic E-state index is 0.00665. The maximum Gasteiger partial charge on any atom is 0.271 e. The molecule has 4 rings (SSSR count). The molecule has 0 spiro atoms. The molecule has 0 aromatic carbocycles. The number of nitrogens with one attached hydrogen (secondary N) is 2. The van der Waals surface area contributed by atoms with Gasteiger partial charge in [0, 0.05) is 44.0 Å². The molecule has 2 aliphatic rings. The Labute approximate surface area is 181 Å². The molecule has 1 saturated carbocycles. The third-order valence-corrected chi connectivity index (χ3v) is 5.66. The van der Waals surface area contributed by atoms with Crippen molar-refractivity contribution < 1.29 is 9.53 Å². The first-order chi connectivity index (χ1) is 15.1. The summed E-state index contributed by atoms with van der Waals surface area (Å²) in [5.41, 5.74) is 1.86. The number of aromatic amines is 1. The average Bonchev–Trinajstić information content (AvgIpc) is 3.57. The van der Waals surface area contributed by atoms with Gasteiger partial charge in [-0.25, -0.2) is 4.98 Å². The van der Waals surface area contributed by atoms with E-state index in [9.17, 15) is 9.59 Å². The van der Waals surface area contributed by atoms with Crippen LogP contribution in [0, 0.1) is 5.92 Å². The molecule has 1 aliphatic heterocycles. The molecule has 0 atom stereocenters. The van der Waals surface area contributed by atoms with Gasteiger partial charge in [0.1, 0.15) is 5.69 Å². The molecule has 9 heteroatoms. The Bertz CT molecular complexity index is 1010. The number of amides is 1. The van der Waals surface area contributed by atoms with Gasteiger partial charge in [0.25, 0.3) is 5.56 Å². The van der Waals surface area contributed by atoms with Gasteiger partial charge in [0.05, 0.1) is 31.2 Å². The second-order valence-corrected chi connectivity index (χ2v) is 8.00. The van der Waals surface area contributed by atoms with E-state index in [2.05, 4.69) is 25.2 Å². The molecular formula is C22H28N6O3. The van der Waals surface area contributed by atoms with Crippen molar-refractivity contribution in [3.63, 3.8) is 0 Å². The third-order valence-electron chi connectivity index (χ3n) is 5.66. The SMILES string of the molecule is CNCC=CC(=O)N1CC(N(CC2CC2)c2cc(-c3cncc(OC)n3)c[nH]c2=O)C1. The van der Waals surface area contributed by atoms with Gasteiger partial charge in [0.2, 0.25) is 11.8 Å². The number of methoxy groups -OCH3 is 1. The van der Waals surface area contributed by atoms with E-state index in [-0.39, 0.29) is 17.5 Å². The third kappa shape index (κ3) is 4.93. The van der Waals surface area contributed by atoms with Crippen LogP contribution in [-0.2, 0) is 4.79 Å². The Balaban J connectivity index is 1.54. The Morgan fingerprint density at radius 3 is 2.90 bits per heavy atom. The lowest BCUT2D eigenvalue weighted by Gasteiger charge is -2.46. The fourth-order valence-electron chi connectivity index (χ4n) is 3.66. The Morgan fingerprint density at radius 2 is 2.19 bits per heavy atom. The smallest absolute Gasteiger partial charge is 0.271 e. The predicted octanol–water partition coefficient (Wildman–Crippen LogP) is 1.04. The number of H-pyrrole nitrogens is 1. The maximum atomic E-state index is 12.7.